The quantitative estimate of drug-likeness (QED) is 0.736. The van der Waals surface area contributed by atoms with Crippen molar-refractivity contribution in [3.05, 3.63) is 36.4 Å². The van der Waals surface area contributed by atoms with Crippen molar-refractivity contribution in [1.29, 1.82) is 0 Å². The molecule has 3 rings (SSSR count). The van der Waals surface area contributed by atoms with Gasteiger partial charge in [-0.15, -0.1) is 0 Å². The molecule has 0 unspecified atom stereocenters. The lowest BCUT2D eigenvalue weighted by Gasteiger charge is -2.25. The van der Waals surface area contributed by atoms with Gasteiger partial charge in [0.2, 0.25) is 0 Å². The molecule has 28 heavy (non-hydrogen) atoms. The highest BCUT2D eigenvalue weighted by atomic mass is 32.2. The van der Waals surface area contributed by atoms with E-state index >= 15 is 0 Å². The van der Waals surface area contributed by atoms with Crippen molar-refractivity contribution in [2.24, 2.45) is 0 Å². The molecule has 0 saturated carbocycles. The third-order valence-electron chi connectivity index (χ3n) is 4.04. The zero-order chi connectivity index (χ0) is 20.3. The van der Waals surface area contributed by atoms with Crippen LogP contribution in [0.3, 0.4) is 0 Å². The van der Waals surface area contributed by atoms with Crippen LogP contribution in [-0.4, -0.2) is 53.5 Å². The summed E-state index contributed by atoms with van der Waals surface area (Å²) >= 11 is 0. The second kappa shape index (κ2) is 7.85. The number of carboxylic acid groups (broad SMARTS) is 1. The van der Waals surface area contributed by atoms with E-state index in [9.17, 15) is 18.3 Å². The number of hydrogen-bond donors (Lipinski definition) is 1. The molecule has 10 heteroatoms. The van der Waals surface area contributed by atoms with Gasteiger partial charge in [0.05, 0.1) is 24.8 Å². The second-order valence-corrected chi connectivity index (χ2v) is 7.61. The number of fused-ring (bicyclic) bond motifs is 1. The van der Waals surface area contributed by atoms with Gasteiger partial charge in [-0.2, -0.15) is 0 Å². The molecular weight excluding hydrogens is 390 g/mol. The highest BCUT2D eigenvalue weighted by Gasteiger charge is 2.31. The lowest BCUT2D eigenvalue weighted by atomic mass is 10.2. The normalized spacial score (nSPS) is 12.9. The van der Waals surface area contributed by atoms with Gasteiger partial charge in [-0.1, -0.05) is 0 Å². The summed E-state index contributed by atoms with van der Waals surface area (Å²) in [7, 11) is -1.43. The Kier molecular flexibility index (Phi) is 5.50. The maximum absolute atomic E-state index is 13.3. The van der Waals surface area contributed by atoms with E-state index in [1.54, 1.807) is 0 Å². The third-order valence-corrected chi connectivity index (χ3v) is 5.79. The highest BCUT2D eigenvalue weighted by Crippen LogP contribution is 2.37. The summed E-state index contributed by atoms with van der Waals surface area (Å²) in [5.74, 6) is -0.0189. The smallest absolute Gasteiger partial charge is 0.324 e. The Morgan fingerprint density at radius 3 is 2.43 bits per heavy atom. The maximum Gasteiger partial charge on any atom is 0.324 e. The number of carbonyl (C=O) groups is 1. The molecule has 0 aliphatic carbocycles. The zero-order valence-corrected chi connectivity index (χ0v) is 16.1. The van der Waals surface area contributed by atoms with Crippen LogP contribution >= 0.6 is 0 Å². The SMILES string of the molecule is COc1ccc(N(CC(=O)O)S(=O)(=O)c2ccc3c(c2)OCCO3)c(OC)c1. The summed E-state index contributed by atoms with van der Waals surface area (Å²) in [6, 6.07) is 8.56. The molecule has 1 aliphatic heterocycles. The van der Waals surface area contributed by atoms with E-state index in [1.165, 1.54) is 50.6 Å². The molecule has 1 heterocycles. The fraction of sp³-hybridized carbons (Fsp3) is 0.278. The minimum atomic E-state index is -4.24. The van der Waals surface area contributed by atoms with Gasteiger partial charge in [-0.05, 0) is 24.3 Å². The Morgan fingerprint density at radius 2 is 1.79 bits per heavy atom. The first-order valence-electron chi connectivity index (χ1n) is 8.23. The number of carboxylic acids is 1. The zero-order valence-electron chi connectivity index (χ0n) is 15.2. The van der Waals surface area contributed by atoms with Crippen molar-refractivity contribution >= 4 is 21.7 Å². The van der Waals surface area contributed by atoms with Gasteiger partial charge in [0.15, 0.2) is 11.5 Å². The summed E-state index contributed by atoms with van der Waals surface area (Å²) < 4.78 is 48.5. The van der Waals surface area contributed by atoms with Gasteiger partial charge in [0.1, 0.15) is 31.3 Å². The van der Waals surface area contributed by atoms with Crippen LogP contribution in [0.2, 0.25) is 0 Å². The highest BCUT2D eigenvalue weighted by molar-refractivity contribution is 7.92. The van der Waals surface area contributed by atoms with E-state index < -0.39 is 22.5 Å². The fourth-order valence-corrected chi connectivity index (χ4v) is 4.17. The van der Waals surface area contributed by atoms with Gasteiger partial charge in [0, 0.05) is 12.1 Å². The van der Waals surface area contributed by atoms with E-state index in [-0.39, 0.29) is 22.1 Å². The molecule has 2 aromatic rings. The van der Waals surface area contributed by atoms with E-state index in [1.807, 2.05) is 0 Å². The standard InChI is InChI=1S/C18H19NO8S/c1-24-12-3-5-14(16(9-12)25-2)19(11-18(20)21)28(22,23)13-4-6-15-17(10-13)27-8-7-26-15/h3-6,9-10H,7-8,11H2,1-2H3,(H,20,21). The van der Waals surface area contributed by atoms with Crippen molar-refractivity contribution in [1.82, 2.24) is 0 Å². The largest absolute Gasteiger partial charge is 0.497 e. The van der Waals surface area contributed by atoms with Crippen LogP contribution < -0.4 is 23.3 Å². The van der Waals surface area contributed by atoms with Gasteiger partial charge in [-0.25, -0.2) is 8.42 Å². The van der Waals surface area contributed by atoms with Crippen LogP contribution in [-0.2, 0) is 14.8 Å². The van der Waals surface area contributed by atoms with Crippen molar-refractivity contribution in [3.63, 3.8) is 0 Å². The average Bonchev–Trinajstić information content (AvgIpc) is 2.71. The molecule has 0 atom stereocenters. The van der Waals surface area contributed by atoms with Gasteiger partial charge in [0.25, 0.3) is 10.0 Å². The van der Waals surface area contributed by atoms with Crippen molar-refractivity contribution in [3.8, 4) is 23.0 Å². The number of aliphatic carboxylic acids is 1. The van der Waals surface area contributed by atoms with Gasteiger partial charge < -0.3 is 24.1 Å². The molecule has 2 aromatic carbocycles. The monoisotopic (exact) mass is 409 g/mol. The lowest BCUT2D eigenvalue weighted by Crippen LogP contribution is -2.36. The number of methoxy groups -OCH3 is 2. The Labute approximate surface area is 162 Å². The minimum absolute atomic E-state index is 0.0700. The van der Waals surface area contributed by atoms with Crippen molar-refractivity contribution < 1.29 is 37.3 Å². The molecule has 9 nitrogen and oxygen atoms in total. The molecule has 0 bridgehead atoms. The number of nitrogens with zero attached hydrogens (tertiary/aromatic N) is 1. The Balaban J connectivity index is 2.10. The topological polar surface area (TPSA) is 112 Å². The second-order valence-electron chi connectivity index (χ2n) is 5.75. The third kappa shape index (κ3) is 3.77. The number of benzene rings is 2. The van der Waals surface area contributed by atoms with E-state index in [4.69, 9.17) is 18.9 Å². The first kappa shape index (κ1) is 19.6. The Bertz CT molecular complexity index is 989. The predicted molar refractivity (Wildman–Crippen MR) is 99.1 cm³/mol. The van der Waals surface area contributed by atoms with Crippen LogP contribution in [0.5, 0.6) is 23.0 Å². The van der Waals surface area contributed by atoms with Crippen LogP contribution in [0.4, 0.5) is 5.69 Å². The van der Waals surface area contributed by atoms with Crippen LogP contribution in [0.25, 0.3) is 0 Å². The van der Waals surface area contributed by atoms with Crippen LogP contribution in [0.1, 0.15) is 0 Å². The number of anilines is 1. The Morgan fingerprint density at radius 1 is 1.07 bits per heavy atom. The molecule has 0 amide bonds. The molecule has 0 aromatic heterocycles. The molecule has 1 aliphatic rings. The number of rotatable bonds is 7. The lowest BCUT2D eigenvalue weighted by molar-refractivity contribution is -0.135. The number of hydrogen-bond acceptors (Lipinski definition) is 7. The van der Waals surface area contributed by atoms with E-state index in [0.717, 1.165) is 4.31 Å². The fourth-order valence-electron chi connectivity index (χ4n) is 2.72. The number of ether oxygens (including phenoxy) is 4. The summed E-state index contributed by atoms with van der Waals surface area (Å²) in [5.41, 5.74) is 0.0700. The van der Waals surface area contributed by atoms with E-state index in [0.29, 0.717) is 24.7 Å². The first-order chi connectivity index (χ1) is 13.4. The van der Waals surface area contributed by atoms with Crippen LogP contribution in [0.15, 0.2) is 41.3 Å². The summed E-state index contributed by atoms with van der Waals surface area (Å²) in [4.78, 5) is 11.3. The van der Waals surface area contributed by atoms with E-state index in [2.05, 4.69) is 0 Å². The van der Waals surface area contributed by atoms with Crippen molar-refractivity contribution in [2.45, 2.75) is 4.90 Å². The van der Waals surface area contributed by atoms with Gasteiger partial charge in [-0.3, -0.25) is 9.10 Å². The maximum atomic E-state index is 13.3. The first-order valence-corrected chi connectivity index (χ1v) is 9.67. The molecule has 0 fully saturated rings. The van der Waals surface area contributed by atoms with Crippen LogP contribution in [0, 0.1) is 0 Å². The van der Waals surface area contributed by atoms with Crippen molar-refractivity contribution in [2.75, 3.05) is 38.3 Å². The molecule has 1 N–H and O–H groups in total. The minimum Gasteiger partial charge on any atom is -0.497 e. The summed E-state index contributed by atoms with van der Waals surface area (Å²) in [6.07, 6.45) is 0. The summed E-state index contributed by atoms with van der Waals surface area (Å²) in [5, 5.41) is 9.30. The Hall–Kier alpha value is -3.14. The molecule has 150 valence electrons. The average molecular weight is 409 g/mol. The van der Waals surface area contributed by atoms with Gasteiger partial charge >= 0.3 is 5.97 Å². The number of sulfonamides is 1. The molecule has 0 saturated heterocycles. The molecule has 0 spiro atoms. The predicted octanol–water partition coefficient (Wildman–Crippen LogP) is 1.75. The molecular formula is C18H19NO8S. The molecule has 0 radical (unpaired) electrons. The summed E-state index contributed by atoms with van der Waals surface area (Å²) in [6.45, 7) is -0.131.